The molecule has 1 heterocycles. The molecule has 1 amide bonds. The van der Waals surface area contributed by atoms with Crippen LogP contribution >= 0.6 is 0 Å². The van der Waals surface area contributed by atoms with Crippen molar-refractivity contribution < 1.29 is 4.79 Å². The van der Waals surface area contributed by atoms with Crippen molar-refractivity contribution in [2.45, 2.75) is 63.7 Å². The molecule has 1 saturated heterocycles. The summed E-state index contributed by atoms with van der Waals surface area (Å²) in [5, 5.41) is 3.56. The Bertz CT molecular complexity index is 310. The number of rotatable bonds is 4. The van der Waals surface area contributed by atoms with E-state index in [0.717, 1.165) is 25.8 Å². The predicted octanol–water partition coefficient (Wildman–Crippen LogP) is 1.42. The van der Waals surface area contributed by atoms with E-state index in [0.29, 0.717) is 11.9 Å². The molecule has 0 radical (unpaired) electrons. The normalized spacial score (nSPS) is 28.6. The smallest absolute Gasteiger partial charge is 0.244 e. The molecular formula is C14H27N3O. The van der Waals surface area contributed by atoms with Gasteiger partial charge in [-0.05, 0) is 53.8 Å². The van der Waals surface area contributed by atoms with E-state index in [1.54, 1.807) is 0 Å². The van der Waals surface area contributed by atoms with Gasteiger partial charge >= 0.3 is 0 Å². The third-order valence-corrected chi connectivity index (χ3v) is 4.47. The fraction of sp³-hybridized carbons (Fsp3) is 0.929. The molecule has 1 spiro atoms. The first kappa shape index (κ1) is 13.8. The zero-order valence-corrected chi connectivity index (χ0v) is 12.2. The highest BCUT2D eigenvalue weighted by Crippen LogP contribution is 2.37. The Labute approximate surface area is 111 Å². The van der Waals surface area contributed by atoms with Gasteiger partial charge in [0.05, 0.1) is 11.7 Å². The minimum absolute atomic E-state index is 0.188. The van der Waals surface area contributed by atoms with Crippen LogP contribution in [0.3, 0.4) is 0 Å². The molecule has 0 bridgehead atoms. The Kier molecular flexibility index (Phi) is 3.97. The molecule has 1 saturated carbocycles. The highest BCUT2D eigenvalue weighted by Gasteiger charge is 2.51. The molecule has 1 aliphatic heterocycles. The van der Waals surface area contributed by atoms with E-state index in [2.05, 4.69) is 43.1 Å². The number of nitrogens with zero attached hydrogens (tertiary/aromatic N) is 2. The van der Waals surface area contributed by atoms with Gasteiger partial charge in [0, 0.05) is 6.04 Å². The predicted molar refractivity (Wildman–Crippen MR) is 73.3 cm³/mol. The van der Waals surface area contributed by atoms with Gasteiger partial charge in [-0.1, -0.05) is 12.8 Å². The van der Waals surface area contributed by atoms with Crippen molar-refractivity contribution >= 4 is 5.91 Å². The van der Waals surface area contributed by atoms with Crippen molar-refractivity contribution in [2.24, 2.45) is 0 Å². The van der Waals surface area contributed by atoms with Crippen LogP contribution in [0.25, 0.3) is 0 Å². The van der Waals surface area contributed by atoms with Crippen molar-refractivity contribution in [1.29, 1.82) is 0 Å². The molecule has 1 N–H and O–H groups in total. The number of hydrogen-bond acceptors (Lipinski definition) is 3. The number of carbonyl (C=O) groups is 1. The van der Waals surface area contributed by atoms with Gasteiger partial charge in [-0.15, -0.1) is 0 Å². The van der Waals surface area contributed by atoms with Crippen LogP contribution in [-0.4, -0.2) is 54.1 Å². The molecule has 2 aliphatic rings. The van der Waals surface area contributed by atoms with Crippen LogP contribution in [0.4, 0.5) is 0 Å². The van der Waals surface area contributed by atoms with Crippen LogP contribution in [-0.2, 0) is 4.79 Å². The largest absolute Gasteiger partial charge is 0.323 e. The SMILES string of the molecule is CC(CCN(C)C)N1C(=O)C2(CCCC2)NC1C. The second-order valence-corrected chi connectivity index (χ2v) is 6.26. The highest BCUT2D eigenvalue weighted by molar-refractivity contribution is 5.89. The Morgan fingerprint density at radius 2 is 2.06 bits per heavy atom. The summed E-state index contributed by atoms with van der Waals surface area (Å²) in [6.07, 6.45) is 5.64. The average Bonchev–Trinajstić information content (AvgIpc) is 2.84. The van der Waals surface area contributed by atoms with Gasteiger partial charge in [-0.25, -0.2) is 0 Å². The molecule has 18 heavy (non-hydrogen) atoms. The van der Waals surface area contributed by atoms with Crippen molar-refractivity contribution in [3.8, 4) is 0 Å². The van der Waals surface area contributed by atoms with Gasteiger partial charge in [0.1, 0.15) is 0 Å². The summed E-state index contributed by atoms with van der Waals surface area (Å²) in [7, 11) is 4.16. The van der Waals surface area contributed by atoms with Crippen LogP contribution in [0.1, 0.15) is 46.0 Å². The molecule has 2 rings (SSSR count). The molecule has 4 nitrogen and oxygen atoms in total. The van der Waals surface area contributed by atoms with Gasteiger partial charge in [0.15, 0.2) is 0 Å². The van der Waals surface area contributed by atoms with Gasteiger partial charge in [-0.2, -0.15) is 0 Å². The fourth-order valence-electron chi connectivity index (χ4n) is 3.46. The van der Waals surface area contributed by atoms with Gasteiger partial charge in [-0.3, -0.25) is 10.1 Å². The molecule has 2 atom stereocenters. The maximum absolute atomic E-state index is 12.7. The molecule has 2 unspecified atom stereocenters. The van der Waals surface area contributed by atoms with Gasteiger partial charge in [0.2, 0.25) is 5.91 Å². The first-order chi connectivity index (χ1) is 8.46. The zero-order chi connectivity index (χ0) is 13.3. The van der Waals surface area contributed by atoms with Gasteiger partial charge < -0.3 is 9.80 Å². The second-order valence-electron chi connectivity index (χ2n) is 6.26. The topological polar surface area (TPSA) is 35.6 Å². The van der Waals surface area contributed by atoms with Gasteiger partial charge in [0.25, 0.3) is 0 Å². The summed E-state index contributed by atoms with van der Waals surface area (Å²) in [5.41, 5.74) is -0.216. The lowest BCUT2D eigenvalue weighted by atomic mass is 9.97. The van der Waals surface area contributed by atoms with Crippen LogP contribution in [0.5, 0.6) is 0 Å². The van der Waals surface area contributed by atoms with Crippen molar-refractivity contribution in [2.75, 3.05) is 20.6 Å². The summed E-state index contributed by atoms with van der Waals surface area (Å²) in [6.45, 7) is 5.33. The van der Waals surface area contributed by atoms with E-state index in [9.17, 15) is 4.79 Å². The van der Waals surface area contributed by atoms with E-state index in [4.69, 9.17) is 0 Å². The van der Waals surface area contributed by atoms with E-state index < -0.39 is 0 Å². The quantitative estimate of drug-likeness (QED) is 0.823. The second kappa shape index (κ2) is 5.17. The minimum atomic E-state index is -0.216. The fourth-order valence-corrected chi connectivity index (χ4v) is 3.46. The van der Waals surface area contributed by atoms with Crippen LogP contribution < -0.4 is 5.32 Å². The number of hydrogen-bond donors (Lipinski definition) is 1. The lowest BCUT2D eigenvalue weighted by Gasteiger charge is -2.29. The van der Waals surface area contributed by atoms with Crippen LogP contribution in [0.15, 0.2) is 0 Å². The molecule has 1 aliphatic carbocycles. The molecular weight excluding hydrogens is 226 g/mol. The van der Waals surface area contributed by atoms with Crippen LogP contribution in [0.2, 0.25) is 0 Å². The van der Waals surface area contributed by atoms with Crippen molar-refractivity contribution in [1.82, 2.24) is 15.1 Å². The lowest BCUT2D eigenvalue weighted by molar-refractivity contribution is -0.135. The number of amides is 1. The molecule has 0 aromatic rings. The standard InChI is InChI=1S/C14H27N3O/c1-11(7-10-16(3)4)17-12(2)15-14(13(17)18)8-5-6-9-14/h11-12,15H,5-10H2,1-4H3. The number of carbonyl (C=O) groups excluding carboxylic acids is 1. The Hall–Kier alpha value is -0.610. The van der Waals surface area contributed by atoms with Crippen molar-refractivity contribution in [3.63, 3.8) is 0 Å². The first-order valence-corrected chi connectivity index (χ1v) is 7.21. The molecule has 2 fully saturated rings. The maximum atomic E-state index is 12.7. The van der Waals surface area contributed by atoms with E-state index in [1.165, 1.54) is 12.8 Å². The minimum Gasteiger partial charge on any atom is -0.323 e. The highest BCUT2D eigenvalue weighted by atomic mass is 16.2. The molecule has 4 heteroatoms. The van der Waals surface area contributed by atoms with Crippen LogP contribution in [0, 0.1) is 0 Å². The molecule has 0 aromatic carbocycles. The van der Waals surface area contributed by atoms with E-state index in [-0.39, 0.29) is 11.7 Å². The van der Waals surface area contributed by atoms with Crippen molar-refractivity contribution in [3.05, 3.63) is 0 Å². The Balaban J connectivity index is 2.02. The third kappa shape index (κ3) is 2.41. The average molecular weight is 253 g/mol. The monoisotopic (exact) mass is 253 g/mol. The summed E-state index contributed by atoms with van der Waals surface area (Å²) in [5.74, 6) is 0.346. The molecule has 0 aromatic heterocycles. The van der Waals surface area contributed by atoms with E-state index >= 15 is 0 Å². The van der Waals surface area contributed by atoms with E-state index in [1.807, 2.05) is 0 Å². The first-order valence-electron chi connectivity index (χ1n) is 7.21. The summed E-state index contributed by atoms with van der Waals surface area (Å²) in [4.78, 5) is 16.9. The Morgan fingerprint density at radius 1 is 1.44 bits per heavy atom. The zero-order valence-electron chi connectivity index (χ0n) is 12.2. The summed E-state index contributed by atoms with van der Waals surface area (Å²) < 4.78 is 0. The summed E-state index contributed by atoms with van der Waals surface area (Å²) in [6, 6.07) is 0.322. The number of nitrogens with one attached hydrogen (secondary N) is 1. The summed E-state index contributed by atoms with van der Waals surface area (Å²) >= 11 is 0. The third-order valence-electron chi connectivity index (χ3n) is 4.47. The Morgan fingerprint density at radius 3 is 2.61 bits per heavy atom. The maximum Gasteiger partial charge on any atom is 0.244 e. The lowest BCUT2D eigenvalue weighted by Crippen LogP contribution is -2.45. The molecule has 104 valence electrons.